The molecule has 1 aliphatic heterocycles. The molecule has 0 radical (unpaired) electrons. The van der Waals surface area contributed by atoms with Gasteiger partial charge in [-0.05, 0) is 48.0 Å². The van der Waals surface area contributed by atoms with Crippen LogP contribution in [0.15, 0.2) is 59.6 Å². The van der Waals surface area contributed by atoms with Crippen LogP contribution in [0.2, 0.25) is 5.02 Å². The van der Waals surface area contributed by atoms with E-state index >= 15 is 0 Å². The van der Waals surface area contributed by atoms with Crippen LogP contribution in [0.4, 0.5) is 15.6 Å². The third-order valence-electron chi connectivity index (χ3n) is 6.17. The summed E-state index contributed by atoms with van der Waals surface area (Å²) < 4.78 is 39.9. The van der Waals surface area contributed by atoms with E-state index in [1.807, 2.05) is 18.2 Å². The Morgan fingerprint density at radius 2 is 1.90 bits per heavy atom. The van der Waals surface area contributed by atoms with E-state index in [2.05, 4.69) is 30.2 Å². The molecule has 2 amide bonds. The first kappa shape index (κ1) is 28.1. The highest BCUT2D eigenvalue weighted by atomic mass is 35.5. The van der Waals surface area contributed by atoms with Gasteiger partial charge in [-0.25, -0.2) is 23.2 Å². The molecule has 1 fully saturated rings. The van der Waals surface area contributed by atoms with E-state index in [4.69, 9.17) is 21.1 Å². The van der Waals surface area contributed by atoms with Gasteiger partial charge in [0.15, 0.2) is 5.13 Å². The van der Waals surface area contributed by atoms with E-state index in [1.54, 1.807) is 12.3 Å². The molecule has 0 atom stereocenters. The van der Waals surface area contributed by atoms with Gasteiger partial charge in [0.1, 0.15) is 5.69 Å². The summed E-state index contributed by atoms with van der Waals surface area (Å²) in [5, 5.41) is 6.56. The van der Waals surface area contributed by atoms with Crippen LogP contribution >= 0.6 is 22.9 Å². The van der Waals surface area contributed by atoms with Gasteiger partial charge in [-0.15, -0.1) is 0 Å². The maximum absolute atomic E-state index is 12.9. The zero-order chi connectivity index (χ0) is 28.1. The number of urea groups is 1. The summed E-state index contributed by atoms with van der Waals surface area (Å²) in [5.74, 6) is 0.131. The summed E-state index contributed by atoms with van der Waals surface area (Å²) in [5.41, 5.74) is 2.37. The Balaban J connectivity index is 1.29. The summed E-state index contributed by atoms with van der Waals surface area (Å²) >= 11 is 7.23. The first-order chi connectivity index (χ1) is 19.3. The van der Waals surface area contributed by atoms with Crippen molar-refractivity contribution in [2.45, 2.75) is 4.90 Å². The van der Waals surface area contributed by atoms with Gasteiger partial charge in [-0.1, -0.05) is 29.0 Å². The fourth-order valence-corrected chi connectivity index (χ4v) is 6.19. The van der Waals surface area contributed by atoms with Gasteiger partial charge in [-0.2, -0.15) is 0 Å². The number of nitrogens with one attached hydrogen (secondary N) is 3. The average molecular weight is 603 g/mol. The van der Waals surface area contributed by atoms with Gasteiger partial charge in [0.05, 0.1) is 35.4 Å². The highest BCUT2D eigenvalue weighted by Gasteiger charge is 2.19. The first-order valence-electron chi connectivity index (χ1n) is 12.4. The fraction of sp³-hybridized carbons (Fsp3) is 0.269. The number of halogens is 1. The van der Waals surface area contributed by atoms with Gasteiger partial charge in [0, 0.05) is 43.0 Å². The lowest BCUT2D eigenvalue weighted by molar-refractivity contribution is 0.0388. The number of sulfonamides is 1. The molecule has 2 aromatic heterocycles. The molecule has 14 heteroatoms. The predicted molar refractivity (Wildman–Crippen MR) is 156 cm³/mol. The highest BCUT2D eigenvalue weighted by Crippen LogP contribution is 2.34. The number of hydrogen-bond acceptors (Lipinski definition) is 9. The number of aromatic nitrogens is 2. The van der Waals surface area contributed by atoms with Gasteiger partial charge < -0.3 is 14.8 Å². The van der Waals surface area contributed by atoms with Crippen molar-refractivity contribution in [3.8, 4) is 17.0 Å². The lowest BCUT2D eigenvalue weighted by Gasteiger charge is -2.26. The van der Waals surface area contributed by atoms with Crippen LogP contribution in [-0.2, 0) is 14.8 Å². The third kappa shape index (κ3) is 6.80. The van der Waals surface area contributed by atoms with Crippen LogP contribution in [0.1, 0.15) is 0 Å². The molecule has 3 N–H and O–H groups in total. The number of morpholine rings is 1. The number of pyridine rings is 1. The molecule has 40 heavy (non-hydrogen) atoms. The van der Waals surface area contributed by atoms with Gasteiger partial charge in [-0.3, -0.25) is 14.9 Å². The molecule has 1 saturated heterocycles. The zero-order valence-electron chi connectivity index (χ0n) is 21.5. The van der Waals surface area contributed by atoms with Crippen LogP contribution in [0.5, 0.6) is 5.88 Å². The summed E-state index contributed by atoms with van der Waals surface area (Å²) in [7, 11) is -2.49. The van der Waals surface area contributed by atoms with Crippen LogP contribution in [0.3, 0.4) is 0 Å². The smallest absolute Gasteiger partial charge is 0.321 e. The van der Waals surface area contributed by atoms with E-state index in [-0.39, 0.29) is 22.5 Å². The largest absolute Gasteiger partial charge is 0.480 e. The minimum atomic E-state index is -3.91. The lowest BCUT2D eigenvalue weighted by atomic mass is 10.1. The predicted octanol–water partition coefficient (Wildman–Crippen LogP) is 4.27. The number of carbonyl (C=O) groups excluding carboxylic acids is 1. The van der Waals surface area contributed by atoms with Crippen LogP contribution in [0, 0.1) is 0 Å². The second-order valence-corrected chi connectivity index (χ2v) is 12.0. The van der Waals surface area contributed by atoms with E-state index < -0.39 is 10.0 Å². The minimum absolute atomic E-state index is 0.0561. The molecule has 0 aliphatic carbocycles. The van der Waals surface area contributed by atoms with Crippen molar-refractivity contribution in [3.63, 3.8) is 0 Å². The Morgan fingerprint density at radius 3 is 2.65 bits per heavy atom. The number of ether oxygens (including phenoxy) is 2. The molecule has 2 aromatic carbocycles. The van der Waals surface area contributed by atoms with Gasteiger partial charge in [0.2, 0.25) is 5.88 Å². The van der Waals surface area contributed by atoms with Crippen molar-refractivity contribution in [2.75, 3.05) is 56.5 Å². The van der Waals surface area contributed by atoms with Crippen molar-refractivity contribution >= 4 is 60.0 Å². The van der Waals surface area contributed by atoms with Crippen molar-refractivity contribution in [1.82, 2.24) is 20.2 Å². The molecule has 0 unspecified atom stereocenters. The Kier molecular flexibility index (Phi) is 8.66. The Bertz CT molecular complexity index is 1610. The van der Waals surface area contributed by atoms with Gasteiger partial charge >= 0.3 is 6.03 Å². The van der Waals surface area contributed by atoms with Crippen LogP contribution in [-0.4, -0.2) is 75.8 Å². The SMILES string of the molecule is COc1ncc(-c2ccc3nc(NC(=O)NCCN4CCOCC4)sc3c2)cc1NS(=O)(=O)c1ccc(Cl)cc1. The molecule has 210 valence electrons. The molecule has 4 aromatic rings. The van der Waals surface area contributed by atoms with E-state index in [9.17, 15) is 13.2 Å². The Hall–Kier alpha value is -3.49. The Morgan fingerprint density at radius 1 is 1.12 bits per heavy atom. The van der Waals surface area contributed by atoms with E-state index in [0.29, 0.717) is 35.5 Å². The third-order valence-corrected chi connectivity index (χ3v) is 8.74. The van der Waals surface area contributed by atoms with Crippen LogP contribution < -0.4 is 20.1 Å². The number of amides is 2. The maximum atomic E-state index is 12.9. The first-order valence-corrected chi connectivity index (χ1v) is 15.1. The number of thiazole rings is 1. The quantitative estimate of drug-likeness (QED) is 0.258. The number of benzene rings is 2. The lowest BCUT2D eigenvalue weighted by Crippen LogP contribution is -2.42. The second-order valence-electron chi connectivity index (χ2n) is 8.88. The van der Waals surface area contributed by atoms with E-state index in [1.165, 1.54) is 42.7 Å². The summed E-state index contributed by atoms with van der Waals surface area (Å²) in [6.07, 6.45) is 1.60. The topological polar surface area (TPSA) is 135 Å². The molecule has 3 heterocycles. The number of rotatable bonds is 9. The molecule has 11 nitrogen and oxygen atoms in total. The number of methoxy groups -OCH3 is 1. The highest BCUT2D eigenvalue weighted by molar-refractivity contribution is 7.92. The Labute approximate surface area is 240 Å². The number of anilines is 2. The molecular weight excluding hydrogens is 576 g/mol. The van der Waals surface area contributed by atoms with Crippen molar-refractivity contribution in [3.05, 3.63) is 59.8 Å². The average Bonchev–Trinajstić information content (AvgIpc) is 3.35. The standard InChI is InChI=1S/C26H27ClN6O5S2/c1-37-24-22(32-40(35,36)20-5-3-19(27)4-6-20)14-18(16-29-24)17-2-7-21-23(15-17)39-26(30-21)31-25(34)28-8-9-33-10-12-38-13-11-33/h2-7,14-16,32H,8-13H2,1H3,(H2,28,30,31,34). The number of nitrogens with zero attached hydrogens (tertiary/aromatic N) is 3. The normalized spacial score (nSPS) is 14.2. The fourth-order valence-electron chi connectivity index (χ4n) is 4.11. The molecule has 0 saturated carbocycles. The number of hydrogen-bond donors (Lipinski definition) is 3. The molecule has 0 bridgehead atoms. The molecule has 1 aliphatic rings. The zero-order valence-corrected chi connectivity index (χ0v) is 23.9. The van der Waals surface area contributed by atoms with Crippen molar-refractivity contribution in [1.29, 1.82) is 0 Å². The van der Waals surface area contributed by atoms with Crippen molar-refractivity contribution < 1.29 is 22.7 Å². The molecular formula is C26H27ClN6O5S2. The summed E-state index contributed by atoms with van der Waals surface area (Å²) in [6, 6.07) is 12.8. The molecule has 0 spiro atoms. The summed E-state index contributed by atoms with van der Waals surface area (Å²) in [4.78, 5) is 23.5. The van der Waals surface area contributed by atoms with Gasteiger partial charge in [0.25, 0.3) is 10.0 Å². The minimum Gasteiger partial charge on any atom is -0.480 e. The summed E-state index contributed by atoms with van der Waals surface area (Å²) in [6.45, 7) is 4.44. The monoisotopic (exact) mass is 602 g/mol. The number of fused-ring (bicyclic) bond motifs is 1. The van der Waals surface area contributed by atoms with Crippen LogP contribution in [0.25, 0.3) is 21.3 Å². The van der Waals surface area contributed by atoms with Crippen molar-refractivity contribution in [2.24, 2.45) is 0 Å². The maximum Gasteiger partial charge on any atom is 0.321 e. The second kappa shape index (κ2) is 12.4. The van der Waals surface area contributed by atoms with E-state index in [0.717, 1.165) is 35.4 Å². The number of carbonyl (C=O) groups is 1. The molecule has 5 rings (SSSR count).